The molecule has 12 heavy (non-hydrogen) atoms. The molecule has 62 valence electrons. The molecular weight excluding hydrogens is 172 g/mol. The van der Waals surface area contributed by atoms with Crippen LogP contribution in [-0.4, -0.2) is 26.0 Å². The van der Waals surface area contributed by atoms with E-state index < -0.39 is 0 Å². The van der Waals surface area contributed by atoms with Gasteiger partial charge >= 0.3 is 0 Å². The topological polar surface area (TPSA) is 43.6 Å². The second-order valence-corrected chi connectivity index (χ2v) is 3.24. The number of thioether (sulfide) groups is 1. The maximum Gasteiger partial charge on any atom is 0.167 e. The van der Waals surface area contributed by atoms with Crippen molar-refractivity contribution in [1.29, 1.82) is 0 Å². The summed E-state index contributed by atoms with van der Waals surface area (Å²) >= 11 is 1.61. The lowest BCUT2D eigenvalue weighted by Gasteiger charge is -2.06. The molecule has 0 N–H and O–H groups in total. The minimum atomic E-state index is 0.884. The maximum absolute atomic E-state index is 4.24. The third-order valence-corrected chi connectivity index (χ3v) is 2.40. The van der Waals surface area contributed by atoms with Crippen LogP contribution in [0.15, 0.2) is 17.6 Å². The summed E-state index contributed by atoms with van der Waals surface area (Å²) in [7, 11) is 1.91. The zero-order valence-corrected chi connectivity index (χ0v) is 7.67. The molecule has 5 heteroatoms. The Balaban J connectivity index is 2.71. The lowest BCUT2D eigenvalue weighted by molar-refractivity contribution is 0.818. The van der Waals surface area contributed by atoms with Crippen molar-refractivity contribution in [3.63, 3.8) is 0 Å². The molecule has 2 aliphatic rings. The highest BCUT2D eigenvalue weighted by molar-refractivity contribution is 7.98. The van der Waals surface area contributed by atoms with Crippen molar-refractivity contribution in [2.75, 3.05) is 6.26 Å². The Morgan fingerprint density at radius 1 is 1.50 bits per heavy atom. The average molecular weight is 180 g/mol. The van der Waals surface area contributed by atoms with Crippen LogP contribution in [0.4, 0.5) is 0 Å². The molecule has 0 bridgehead atoms. The Morgan fingerprint density at radius 2 is 2.33 bits per heavy atom. The number of hydrogen-bond donors (Lipinski definition) is 0. The van der Waals surface area contributed by atoms with Gasteiger partial charge in [0.1, 0.15) is 5.03 Å². The van der Waals surface area contributed by atoms with Crippen molar-refractivity contribution >= 4 is 11.8 Å². The van der Waals surface area contributed by atoms with Crippen LogP contribution in [0.1, 0.15) is 0 Å². The fourth-order valence-corrected chi connectivity index (χ4v) is 1.61. The standard InChI is InChI=1S/C7H8N4S/c1-11-4-8-7(12-2)5-3-9-10-6(5)11/h3-4H,1-2H3. The van der Waals surface area contributed by atoms with E-state index in [0.717, 1.165) is 16.4 Å². The molecule has 0 saturated heterocycles. The summed E-state index contributed by atoms with van der Waals surface area (Å²) in [6.07, 6.45) is 5.49. The molecule has 0 aromatic rings. The number of rotatable bonds is 1. The highest BCUT2D eigenvalue weighted by Crippen LogP contribution is 2.26. The van der Waals surface area contributed by atoms with Crippen LogP contribution >= 0.6 is 11.8 Å². The predicted octanol–water partition coefficient (Wildman–Crippen LogP) is 1.04. The first kappa shape index (κ1) is 7.54. The zero-order chi connectivity index (χ0) is 8.55. The summed E-state index contributed by atoms with van der Waals surface area (Å²) < 4.78 is 1.86. The average Bonchev–Trinajstić information content (AvgIpc) is 2.54. The first-order valence-electron chi connectivity index (χ1n) is 3.49. The summed E-state index contributed by atoms with van der Waals surface area (Å²) in [6, 6.07) is 0. The minimum absolute atomic E-state index is 0.884. The summed E-state index contributed by atoms with van der Waals surface area (Å²) in [6.45, 7) is 0. The van der Waals surface area contributed by atoms with Crippen molar-refractivity contribution in [3.8, 4) is 11.4 Å². The Morgan fingerprint density at radius 3 is 3.08 bits per heavy atom. The Labute approximate surface area is 74.4 Å². The van der Waals surface area contributed by atoms with Crippen molar-refractivity contribution in [2.45, 2.75) is 5.03 Å². The molecule has 2 rings (SSSR count). The number of aromatic nitrogens is 4. The van der Waals surface area contributed by atoms with E-state index >= 15 is 0 Å². The van der Waals surface area contributed by atoms with Crippen molar-refractivity contribution < 1.29 is 0 Å². The Hall–Kier alpha value is -1.10. The van der Waals surface area contributed by atoms with Gasteiger partial charge < -0.3 is 4.57 Å². The molecule has 0 atom stereocenters. The van der Waals surface area contributed by atoms with E-state index in [0.29, 0.717) is 0 Å². The molecule has 0 radical (unpaired) electrons. The largest absolute Gasteiger partial charge is 0.318 e. The van der Waals surface area contributed by atoms with E-state index in [2.05, 4.69) is 15.2 Å². The SMILES string of the molecule is CSc1ncn(C)c2nncc1-2. The molecule has 0 aromatic carbocycles. The second-order valence-electron chi connectivity index (χ2n) is 2.45. The van der Waals surface area contributed by atoms with Crippen LogP contribution in [-0.2, 0) is 7.05 Å². The van der Waals surface area contributed by atoms with Gasteiger partial charge in [0.2, 0.25) is 0 Å². The molecular formula is C7H8N4S. The number of aryl methyl sites for hydroxylation is 1. The van der Waals surface area contributed by atoms with Gasteiger partial charge in [-0.3, -0.25) is 0 Å². The van der Waals surface area contributed by atoms with E-state index in [1.54, 1.807) is 24.3 Å². The van der Waals surface area contributed by atoms with Crippen LogP contribution in [0.3, 0.4) is 0 Å². The van der Waals surface area contributed by atoms with E-state index in [1.807, 2.05) is 17.9 Å². The fourth-order valence-electron chi connectivity index (χ4n) is 1.09. The normalized spacial score (nSPS) is 10.8. The third-order valence-electron chi connectivity index (χ3n) is 1.69. The highest BCUT2D eigenvalue weighted by atomic mass is 32.2. The van der Waals surface area contributed by atoms with Crippen LogP contribution in [0.2, 0.25) is 0 Å². The predicted molar refractivity (Wildman–Crippen MR) is 47.2 cm³/mol. The molecule has 0 aliphatic carbocycles. The summed E-state index contributed by atoms with van der Waals surface area (Å²) in [5, 5.41) is 8.81. The van der Waals surface area contributed by atoms with Gasteiger partial charge in [0.15, 0.2) is 5.82 Å². The molecule has 0 saturated carbocycles. The molecule has 2 heterocycles. The molecule has 0 spiro atoms. The van der Waals surface area contributed by atoms with Gasteiger partial charge in [-0.1, -0.05) is 0 Å². The van der Waals surface area contributed by atoms with Gasteiger partial charge in [-0.15, -0.1) is 16.9 Å². The van der Waals surface area contributed by atoms with Crippen LogP contribution in [0.25, 0.3) is 11.4 Å². The third kappa shape index (κ3) is 0.972. The molecule has 0 unspecified atom stereocenters. The number of nitrogens with zero attached hydrogens (tertiary/aromatic N) is 4. The summed E-state index contributed by atoms with van der Waals surface area (Å²) in [5.41, 5.74) is 1.02. The van der Waals surface area contributed by atoms with Crippen LogP contribution in [0, 0.1) is 0 Å². The number of hydrogen-bond acceptors (Lipinski definition) is 4. The van der Waals surface area contributed by atoms with Crippen LogP contribution in [0.5, 0.6) is 0 Å². The maximum atomic E-state index is 4.24. The molecule has 4 nitrogen and oxygen atoms in total. The van der Waals surface area contributed by atoms with Crippen molar-refractivity contribution in [1.82, 2.24) is 19.7 Å². The smallest absolute Gasteiger partial charge is 0.167 e. The lowest BCUT2D eigenvalue weighted by Crippen LogP contribution is -2.00. The van der Waals surface area contributed by atoms with E-state index in [-0.39, 0.29) is 0 Å². The van der Waals surface area contributed by atoms with Crippen molar-refractivity contribution in [3.05, 3.63) is 12.5 Å². The highest BCUT2D eigenvalue weighted by Gasteiger charge is 2.12. The molecule has 2 aliphatic heterocycles. The molecule has 0 fully saturated rings. The van der Waals surface area contributed by atoms with Gasteiger partial charge in [-0.2, -0.15) is 5.10 Å². The second kappa shape index (κ2) is 2.75. The first-order valence-corrected chi connectivity index (χ1v) is 4.72. The van der Waals surface area contributed by atoms with Gasteiger partial charge in [0.05, 0.1) is 18.1 Å². The molecule has 0 aromatic heterocycles. The lowest BCUT2D eigenvalue weighted by atomic mass is 10.3. The minimum Gasteiger partial charge on any atom is -0.318 e. The van der Waals surface area contributed by atoms with E-state index in [1.165, 1.54) is 0 Å². The van der Waals surface area contributed by atoms with Gasteiger partial charge in [0.25, 0.3) is 0 Å². The van der Waals surface area contributed by atoms with E-state index in [4.69, 9.17) is 0 Å². The quantitative estimate of drug-likeness (QED) is 0.486. The Kier molecular flexibility index (Phi) is 1.73. The van der Waals surface area contributed by atoms with Crippen LogP contribution < -0.4 is 0 Å². The van der Waals surface area contributed by atoms with E-state index in [9.17, 15) is 0 Å². The fraction of sp³-hybridized carbons (Fsp3) is 0.286. The zero-order valence-electron chi connectivity index (χ0n) is 6.85. The Bertz CT molecular complexity index is 370. The van der Waals surface area contributed by atoms with Gasteiger partial charge in [-0.25, -0.2) is 4.98 Å². The summed E-state index contributed by atoms with van der Waals surface area (Å²) in [4.78, 5) is 4.24. The monoisotopic (exact) mass is 180 g/mol. The van der Waals surface area contributed by atoms with Crippen molar-refractivity contribution in [2.24, 2.45) is 7.05 Å². The van der Waals surface area contributed by atoms with Gasteiger partial charge in [-0.05, 0) is 6.26 Å². The van der Waals surface area contributed by atoms with Gasteiger partial charge in [0, 0.05) is 7.05 Å². The summed E-state index contributed by atoms with van der Waals surface area (Å²) in [5.74, 6) is 0.884. The first-order chi connectivity index (χ1) is 5.83. The number of fused-ring (bicyclic) bond motifs is 1. The molecule has 0 amide bonds.